The smallest absolute Gasteiger partial charge is 0.242 e. The highest BCUT2D eigenvalue weighted by molar-refractivity contribution is 7.89. The fourth-order valence-corrected chi connectivity index (χ4v) is 2.49. The van der Waals surface area contributed by atoms with E-state index in [2.05, 4.69) is 16.0 Å². The van der Waals surface area contributed by atoms with Crippen LogP contribution in [-0.4, -0.2) is 26.9 Å². The van der Waals surface area contributed by atoms with Crippen LogP contribution in [0.5, 0.6) is 0 Å². The SMILES string of the molecule is C#CCC(N)C(=O)Nc1ccc(S(=O)(=O)NCC)cc1. The zero-order valence-corrected chi connectivity index (χ0v) is 11.9. The normalized spacial score (nSPS) is 12.4. The first kappa shape index (κ1) is 16.2. The van der Waals surface area contributed by atoms with Gasteiger partial charge in [-0.1, -0.05) is 6.92 Å². The van der Waals surface area contributed by atoms with Crippen LogP contribution in [0, 0.1) is 12.3 Å². The lowest BCUT2D eigenvalue weighted by molar-refractivity contribution is -0.117. The molecule has 0 bridgehead atoms. The maximum Gasteiger partial charge on any atom is 0.242 e. The van der Waals surface area contributed by atoms with Crippen LogP contribution in [0.15, 0.2) is 29.2 Å². The van der Waals surface area contributed by atoms with Gasteiger partial charge >= 0.3 is 0 Å². The number of sulfonamides is 1. The highest BCUT2D eigenvalue weighted by atomic mass is 32.2. The molecule has 0 aromatic heterocycles. The maximum absolute atomic E-state index is 11.7. The first-order valence-electron chi connectivity index (χ1n) is 6.00. The second kappa shape index (κ2) is 7.05. The van der Waals surface area contributed by atoms with E-state index in [1.807, 2.05) is 0 Å². The molecule has 1 rings (SSSR count). The number of anilines is 1. The summed E-state index contributed by atoms with van der Waals surface area (Å²) >= 11 is 0. The Bertz CT molecular complexity index is 603. The summed E-state index contributed by atoms with van der Waals surface area (Å²) in [6.07, 6.45) is 5.21. The van der Waals surface area contributed by atoms with Crippen molar-refractivity contribution in [2.24, 2.45) is 5.73 Å². The molecule has 0 fully saturated rings. The van der Waals surface area contributed by atoms with Crippen LogP contribution < -0.4 is 15.8 Å². The quantitative estimate of drug-likeness (QED) is 0.656. The third-order valence-corrected chi connectivity index (χ3v) is 4.00. The number of hydrogen-bond acceptors (Lipinski definition) is 4. The molecule has 0 heterocycles. The summed E-state index contributed by atoms with van der Waals surface area (Å²) in [5.74, 6) is 1.89. The Morgan fingerprint density at radius 1 is 1.40 bits per heavy atom. The topological polar surface area (TPSA) is 101 Å². The summed E-state index contributed by atoms with van der Waals surface area (Å²) in [6.45, 7) is 2.00. The van der Waals surface area contributed by atoms with E-state index in [4.69, 9.17) is 12.2 Å². The van der Waals surface area contributed by atoms with Crippen LogP contribution in [0.1, 0.15) is 13.3 Å². The average molecular weight is 295 g/mol. The van der Waals surface area contributed by atoms with Gasteiger partial charge in [-0.25, -0.2) is 13.1 Å². The molecule has 1 unspecified atom stereocenters. The van der Waals surface area contributed by atoms with E-state index in [1.165, 1.54) is 24.3 Å². The second-order valence-corrected chi connectivity index (χ2v) is 5.80. The number of carbonyl (C=O) groups excluding carboxylic acids is 1. The van der Waals surface area contributed by atoms with Crippen LogP contribution in [0.25, 0.3) is 0 Å². The molecule has 1 aromatic rings. The van der Waals surface area contributed by atoms with E-state index in [1.54, 1.807) is 6.92 Å². The predicted octanol–water partition coefficient (Wildman–Crippen LogP) is 0.274. The van der Waals surface area contributed by atoms with Gasteiger partial charge in [-0.3, -0.25) is 4.79 Å². The van der Waals surface area contributed by atoms with Crippen molar-refractivity contribution >= 4 is 21.6 Å². The van der Waals surface area contributed by atoms with Gasteiger partial charge in [0.05, 0.1) is 10.9 Å². The van der Waals surface area contributed by atoms with E-state index >= 15 is 0 Å². The van der Waals surface area contributed by atoms with Crippen molar-refractivity contribution in [1.82, 2.24) is 4.72 Å². The molecule has 1 atom stereocenters. The van der Waals surface area contributed by atoms with E-state index in [9.17, 15) is 13.2 Å². The van der Waals surface area contributed by atoms with Crippen LogP contribution >= 0.6 is 0 Å². The standard InChI is InChI=1S/C13H17N3O3S/c1-3-5-12(14)13(17)16-10-6-8-11(9-7-10)20(18,19)15-4-2/h1,6-9,12,15H,4-5,14H2,2H3,(H,16,17). The second-order valence-electron chi connectivity index (χ2n) is 4.03. The lowest BCUT2D eigenvalue weighted by Crippen LogP contribution is -2.35. The molecule has 0 aliphatic carbocycles. The first-order valence-corrected chi connectivity index (χ1v) is 7.48. The van der Waals surface area contributed by atoms with Gasteiger partial charge in [-0.15, -0.1) is 12.3 Å². The Morgan fingerprint density at radius 3 is 2.50 bits per heavy atom. The summed E-state index contributed by atoms with van der Waals surface area (Å²) < 4.78 is 25.8. The number of rotatable bonds is 6. The molecule has 0 aliphatic heterocycles. The fraction of sp³-hybridized carbons (Fsp3) is 0.308. The largest absolute Gasteiger partial charge is 0.325 e. The van der Waals surface area contributed by atoms with Gasteiger partial charge in [0.2, 0.25) is 15.9 Å². The third-order valence-electron chi connectivity index (χ3n) is 2.44. The molecule has 0 saturated carbocycles. The minimum atomic E-state index is -3.49. The fourth-order valence-electron chi connectivity index (χ4n) is 1.45. The zero-order chi connectivity index (χ0) is 15.2. The Balaban J connectivity index is 2.78. The summed E-state index contributed by atoms with van der Waals surface area (Å²) in [5.41, 5.74) is 6.01. The zero-order valence-electron chi connectivity index (χ0n) is 11.1. The van der Waals surface area contributed by atoms with Crippen LogP contribution in [0.3, 0.4) is 0 Å². The Kier molecular flexibility index (Phi) is 5.70. The van der Waals surface area contributed by atoms with Gasteiger partial charge in [0.25, 0.3) is 0 Å². The van der Waals surface area contributed by atoms with Gasteiger partial charge in [-0.05, 0) is 24.3 Å². The number of benzene rings is 1. The van der Waals surface area contributed by atoms with Gasteiger partial charge < -0.3 is 11.1 Å². The number of terminal acetylenes is 1. The molecular formula is C13H17N3O3S. The van der Waals surface area contributed by atoms with Gasteiger partial charge in [0, 0.05) is 18.7 Å². The van der Waals surface area contributed by atoms with Crippen molar-refractivity contribution in [2.45, 2.75) is 24.3 Å². The number of nitrogens with two attached hydrogens (primary N) is 1. The monoisotopic (exact) mass is 295 g/mol. The van der Waals surface area contributed by atoms with Crippen molar-refractivity contribution in [3.8, 4) is 12.3 Å². The van der Waals surface area contributed by atoms with E-state index in [0.29, 0.717) is 12.2 Å². The molecule has 0 spiro atoms. The predicted molar refractivity (Wildman–Crippen MR) is 77.4 cm³/mol. The van der Waals surface area contributed by atoms with E-state index in [-0.39, 0.29) is 11.3 Å². The van der Waals surface area contributed by atoms with Crippen LogP contribution in [0.4, 0.5) is 5.69 Å². The number of amides is 1. The number of nitrogens with one attached hydrogen (secondary N) is 2. The number of carbonyl (C=O) groups is 1. The van der Waals surface area contributed by atoms with Crippen molar-refractivity contribution in [1.29, 1.82) is 0 Å². The summed E-state index contributed by atoms with van der Waals surface area (Å²) in [5, 5.41) is 2.56. The van der Waals surface area contributed by atoms with Gasteiger partial charge in [0.1, 0.15) is 0 Å². The summed E-state index contributed by atoms with van der Waals surface area (Å²) in [6, 6.07) is 5.00. The molecule has 1 aromatic carbocycles. The summed E-state index contributed by atoms with van der Waals surface area (Å²) in [7, 11) is -3.49. The lowest BCUT2D eigenvalue weighted by atomic mass is 10.2. The third kappa shape index (κ3) is 4.35. The Labute approximate surface area is 118 Å². The highest BCUT2D eigenvalue weighted by Gasteiger charge is 2.14. The molecule has 0 aliphatic rings. The lowest BCUT2D eigenvalue weighted by Gasteiger charge is -2.10. The minimum Gasteiger partial charge on any atom is -0.325 e. The summed E-state index contributed by atoms with van der Waals surface area (Å²) in [4.78, 5) is 11.8. The van der Waals surface area contributed by atoms with Crippen molar-refractivity contribution in [3.05, 3.63) is 24.3 Å². The molecular weight excluding hydrogens is 278 g/mol. The van der Waals surface area contributed by atoms with Crippen LogP contribution in [0.2, 0.25) is 0 Å². The van der Waals surface area contributed by atoms with E-state index < -0.39 is 22.0 Å². The molecule has 7 heteroatoms. The molecule has 20 heavy (non-hydrogen) atoms. The molecule has 0 saturated heterocycles. The maximum atomic E-state index is 11.7. The Morgan fingerprint density at radius 2 is 2.00 bits per heavy atom. The van der Waals surface area contributed by atoms with Crippen molar-refractivity contribution in [3.63, 3.8) is 0 Å². The molecule has 0 radical (unpaired) electrons. The average Bonchev–Trinajstić information content (AvgIpc) is 2.39. The molecule has 4 N–H and O–H groups in total. The van der Waals surface area contributed by atoms with Crippen molar-refractivity contribution in [2.75, 3.05) is 11.9 Å². The van der Waals surface area contributed by atoms with Gasteiger partial charge in [-0.2, -0.15) is 0 Å². The highest BCUT2D eigenvalue weighted by Crippen LogP contribution is 2.14. The minimum absolute atomic E-state index is 0.130. The van der Waals surface area contributed by atoms with Crippen molar-refractivity contribution < 1.29 is 13.2 Å². The molecule has 108 valence electrons. The van der Waals surface area contributed by atoms with Gasteiger partial charge in [0.15, 0.2) is 0 Å². The molecule has 6 nitrogen and oxygen atoms in total. The number of hydrogen-bond donors (Lipinski definition) is 3. The Hall–Kier alpha value is -1.88. The van der Waals surface area contributed by atoms with Crippen LogP contribution in [-0.2, 0) is 14.8 Å². The molecule has 1 amide bonds. The van der Waals surface area contributed by atoms with E-state index in [0.717, 1.165) is 0 Å². The first-order chi connectivity index (χ1) is 9.40.